The fourth-order valence-electron chi connectivity index (χ4n) is 3.65. The number of halogens is 1. The first-order valence-corrected chi connectivity index (χ1v) is 13.7. The summed E-state index contributed by atoms with van der Waals surface area (Å²) in [5, 5.41) is 10.1. The van der Waals surface area contributed by atoms with Crippen molar-refractivity contribution < 1.29 is 17.9 Å². The highest BCUT2D eigenvalue weighted by atomic mass is 35.5. The Kier molecular flexibility index (Phi) is 7.38. The molecule has 36 heavy (non-hydrogen) atoms. The molecule has 0 saturated heterocycles. The third-order valence-corrected chi connectivity index (χ3v) is 6.83. The molecule has 1 aliphatic rings. The highest BCUT2D eigenvalue weighted by Crippen LogP contribution is 2.39. The second-order valence-electron chi connectivity index (χ2n) is 9.38. The van der Waals surface area contributed by atoms with E-state index in [9.17, 15) is 13.7 Å². The largest absolute Gasteiger partial charge is 0.490 e. The van der Waals surface area contributed by atoms with Crippen molar-refractivity contribution in [3.63, 3.8) is 0 Å². The number of anilines is 1. The van der Waals surface area contributed by atoms with Crippen molar-refractivity contribution in [2.24, 2.45) is 5.92 Å². The van der Waals surface area contributed by atoms with Crippen LogP contribution in [0.15, 0.2) is 48.7 Å². The van der Waals surface area contributed by atoms with Gasteiger partial charge in [-0.2, -0.15) is 5.26 Å². The predicted octanol–water partition coefficient (Wildman–Crippen LogP) is 5.07. The molecule has 8 nitrogen and oxygen atoms in total. The molecule has 1 fully saturated rings. The standard InChI is InChI=1S/C26H27ClN4O4S/c1-26(2,20-12-18(14-28)24(23(27)13-20)35-15-17-4-5-17)19-6-8-22(9-7-19)34-16-21-10-11-29-25(30-21)31-36(3,32)33/h6-13,17H,4-5,15-16H2,1-3H3,(H,29,30,31). The number of ether oxygens (including phenoxy) is 2. The first-order valence-electron chi connectivity index (χ1n) is 11.4. The molecule has 1 aliphatic carbocycles. The van der Waals surface area contributed by atoms with Crippen molar-refractivity contribution in [2.45, 2.75) is 38.7 Å². The van der Waals surface area contributed by atoms with Gasteiger partial charge in [0, 0.05) is 11.6 Å². The lowest BCUT2D eigenvalue weighted by molar-refractivity contribution is 0.299. The molecule has 1 aromatic heterocycles. The van der Waals surface area contributed by atoms with Crippen LogP contribution in [0.4, 0.5) is 5.95 Å². The van der Waals surface area contributed by atoms with Crippen LogP contribution in [0.1, 0.15) is 49.1 Å². The summed E-state index contributed by atoms with van der Waals surface area (Å²) in [6, 6.07) is 15.2. The molecule has 0 unspecified atom stereocenters. The Morgan fingerprint density at radius 1 is 1.14 bits per heavy atom. The molecule has 0 radical (unpaired) electrons. The zero-order chi connectivity index (χ0) is 25.9. The number of benzene rings is 2. The molecule has 0 bridgehead atoms. The maximum atomic E-state index is 11.4. The number of rotatable bonds is 10. The van der Waals surface area contributed by atoms with Crippen molar-refractivity contribution in [2.75, 3.05) is 17.6 Å². The molecule has 10 heteroatoms. The molecule has 1 saturated carbocycles. The van der Waals surface area contributed by atoms with Gasteiger partial charge in [0.1, 0.15) is 18.4 Å². The number of sulfonamides is 1. The second kappa shape index (κ2) is 10.3. The van der Waals surface area contributed by atoms with E-state index in [1.54, 1.807) is 6.07 Å². The molecule has 0 aliphatic heterocycles. The summed E-state index contributed by atoms with van der Waals surface area (Å²) in [4.78, 5) is 8.05. The Bertz CT molecular complexity index is 1400. The third kappa shape index (κ3) is 6.45. The van der Waals surface area contributed by atoms with Crippen molar-refractivity contribution in [1.82, 2.24) is 9.97 Å². The monoisotopic (exact) mass is 526 g/mol. The van der Waals surface area contributed by atoms with Crippen molar-refractivity contribution in [3.05, 3.63) is 76.1 Å². The SMILES string of the molecule is CC(C)(c1ccc(OCc2ccnc(NS(C)(=O)=O)n2)cc1)c1cc(Cl)c(OCC2CC2)c(C#N)c1. The molecule has 2 aromatic carbocycles. The van der Waals surface area contributed by atoms with E-state index in [2.05, 4.69) is 34.6 Å². The minimum atomic E-state index is -3.47. The van der Waals surface area contributed by atoms with Crippen LogP contribution in [0.25, 0.3) is 0 Å². The summed E-state index contributed by atoms with van der Waals surface area (Å²) in [7, 11) is -3.47. The minimum absolute atomic E-state index is 0.00458. The van der Waals surface area contributed by atoms with Crippen LogP contribution in [-0.4, -0.2) is 31.2 Å². The topological polar surface area (TPSA) is 114 Å². The molecule has 1 heterocycles. The van der Waals surface area contributed by atoms with E-state index >= 15 is 0 Å². The van der Waals surface area contributed by atoms with Gasteiger partial charge in [-0.25, -0.2) is 18.4 Å². The first-order chi connectivity index (χ1) is 17.0. The lowest BCUT2D eigenvalue weighted by atomic mass is 9.77. The second-order valence-corrected chi connectivity index (χ2v) is 11.5. The maximum Gasteiger partial charge on any atom is 0.236 e. The van der Waals surface area contributed by atoms with Gasteiger partial charge in [-0.1, -0.05) is 37.6 Å². The van der Waals surface area contributed by atoms with E-state index in [-0.39, 0.29) is 12.6 Å². The van der Waals surface area contributed by atoms with Gasteiger partial charge in [0.05, 0.1) is 29.1 Å². The Labute approximate surface area is 216 Å². The fraction of sp³-hybridized carbons (Fsp3) is 0.346. The van der Waals surface area contributed by atoms with Crippen molar-refractivity contribution in [1.29, 1.82) is 5.26 Å². The van der Waals surface area contributed by atoms with Crippen LogP contribution >= 0.6 is 11.6 Å². The average Bonchev–Trinajstić information content (AvgIpc) is 3.65. The van der Waals surface area contributed by atoms with E-state index < -0.39 is 15.4 Å². The van der Waals surface area contributed by atoms with E-state index in [0.29, 0.717) is 40.3 Å². The molecule has 0 spiro atoms. The average molecular weight is 527 g/mol. The fourth-order valence-corrected chi connectivity index (χ4v) is 4.36. The maximum absolute atomic E-state index is 11.4. The van der Waals surface area contributed by atoms with Gasteiger partial charge >= 0.3 is 0 Å². The highest BCUT2D eigenvalue weighted by molar-refractivity contribution is 7.91. The number of nitrogens with one attached hydrogen (secondary N) is 1. The van der Waals surface area contributed by atoms with Gasteiger partial charge < -0.3 is 9.47 Å². The Hall–Kier alpha value is -3.35. The molecule has 1 N–H and O–H groups in total. The molecular formula is C26H27ClN4O4S. The predicted molar refractivity (Wildman–Crippen MR) is 138 cm³/mol. The molecule has 0 amide bonds. The first kappa shape index (κ1) is 25.7. The van der Waals surface area contributed by atoms with Crippen molar-refractivity contribution >= 4 is 27.6 Å². The van der Waals surface area contributed by atoms with Gasteiger partial charge in [0.2, 0.25) is 16.0 Å². The van der Waals surface area contributed by atoms with Crippen LogP contribution in [0, 0.1) is 17.2 Å². The summed E-state index contributed by atoms with van der Waals surface area (Å²) >= 11 is 6.54. The number of hydrogen-bond donors (Lipinski definition) is 1. The van der Waals surface area contributed by atoms with Gasteiger partial charge in [0.15, 0.2) is 5.75 Å². The number of nitrogens with zero attached hydrogens (tertiary/aromatic N) is 3. The van der Waals surface area contributed by atoms with Crippen LogP contribution in [-0.2, 0) is 22.0 Å². The molecule has 0 atom stereocenters. The van der Waals surface area contributed by atoms with Gasteiger partial charge in [-0.3, -0.25) is 4.72 Å². The Morgan fingerprint density at radius 3 is 2.50 bits per heavy atom. The third-order valence-electron chi connectivity index (χ3n) is 6.00. The molecule has 3 aromatic rings. The molecular weight excluding hydrogens is 500 g/mol. The normalized spacial score (nSPS) is 13.6. The summed E-state index contributed by atoms with van der Waals surface area (Å²) in [6.45, 7) is 4.87. The lowest BCUT2D eigenvalue weighted by Crippen LogP contribution is -2.19. The Morgan fingerprint density at radius 2 is 1.86 bits per heavy atom. The molecule has 188 valence electrons. The summed E-state index contributed by atoms with van der Waals surface area (Å²) in [5.41, 5.74) is 2.46. The number of hydrogen-bond acceptors (Lipinski definition) is 7. The zero-order valence-corrected chi connectivity index (χ0v) is 21.9. The van der Waals surface area contributed by atoms with Crippen LogP contribution in [0.2, 0.25) is 5.02 Å². The lowest BCUT2D eigenvalue weighted by Gasteiger charge is -2.27. The summed E-state index contributed by atoms with van der Waals surface area (Å²) in [6.07, 6.45) is 4.82. The highest BCUT2D eigenvalue weighted by Gasteiger charge is 2.27. The molecule has 4 rings (SSSR count). The van der Waals surface area contributed by atoms with Gasteiger partial charge in [0.25, 0.3) is 0 Å². The van der Waals surface area contributed by atoms with E-state index in [0.717, 1.165) is 30.2 Å². The van der Waals surface area contributed by atoms with Crippen LogP contribution in [0.5, 0.6) is 11.5 Å². The van der Waals surface area contributed by atoms with Gasteiger partial charge in [-0.05, 0) is 60.2 Å². The van der Waals surface area contributed by atoms with E-state index in [1.807, 2.05) is 36.4 Å². The van der Waals surface area contributed by atoms with Gasteiger partial charge in [-0.15, -0.1) is 0 Å². The van der Waals surface area contributed by atoms with E-state index in [4.69, 9.17) is 21.1 Å². The zero-order valence-electron chi connectivity index (χ0n) is 20.3. The Balaban J connectivity index is 1.46. The van der Waals surface area contributed by atoms with Crippen LogP contribution in [0.3, 0.4) is 0 Å². The van der Waals surface area contributed by atoms with Crippen LogP contribution < -0.4 is 14.2 Å². The summed E-state index contributed by atoms with van der Waals surface area (Å²) in [5.74, 6) is 1.64. The smallest absolute Gasteiger partial charge is 0.236 e. The minimum Gasteiger partial charge on any atom is -0.490 e. The number of nitriles is 1. The van der Waals surface area contributed by atoms with E-state index in [1.165, 1.54) is 6.20 Å². The number of aromatic nitrogens is 2. The summed E-state index contributed by atoms with van der Waals surface area (Å²) < 4.78 is 36.7. The quantitative estimate of drug-likeness (QED) is 0.392. The van der Waals surface area contributed by atoms with Crippen molar-refractivity contribution in [3.8, 4) is 17.6 Å².